The third-order valence-electron chi connectivity index (χ3n) is 8.04. The lowest BCUT2D eigenvalue weighted by atomic mass is 9.94. The van der Waals surface area contributed by atoms with Gasteiger partial charge in [0.1, 0.15) is 24.4 Å². The van der Waals surface area contributed by atoms with Crippen LogP contribution in [0, 0.1) is 0 Å². The van der Waals surface area contributed by atoms with Crippen molar-refractivity contribution in [3.63, 3.8) is 0 Å². The molecular formula is C35H31NO7. The monoisotopic (exact) mass is 577 g/mol. The highest BCUT2D eigenvalue weighted by molar-refractivity contribution is 6.21. The SMILES string of the molecule is O=C1c2ccccc2C(=O)N1[C@H]1[C@H](OCc2ccccc2)O[C@@H]2CO[C@H](c3ccccc3)O[C@H]2[C@@H]1OCc1ccccc1. The summed E-state index contributed by atoms with van der Waals surface area (Å²) >= 11 is 0. The van der Waals surface area contributed by atoms with E-state index in [1.807, 2.05) is 91.0 Å². The molecule has 0 saturated carbocycles. The summed E-state index contributed by atoms with van der Waals surface area (Å²) in [6.07, 6.45) is -3.66. The van der Waals surface area contributed by atoms with Crippen LogP contribution in [0.15, 0.2) is 115 Å². The molecule has 2 fully saturated rings. The van der Waals surface area contributed by atoms with Crippen LogP contribution in [0.2, 0.25) is 0 Å². The number of carbonyl (C=O) groups is 2. The van der Waals surface area contributed by atoms with Crippen molar-refractivity contribution < 1.29 is 33.3 Å². The molecule has 0 aliphatic carbocycles. The van der Waals surface area contributed by atoms with E-state index in [2.05, 4.69) is 0 Å². The molecule has 0 bridgehead atoms. The Labute approximate surface area is 249 Å². The molecule has 43 heavy (non-hydrogen) atoms. The summed E-state index contributed by atoms with van der Waals surface area (Å²) in [5.74, 6) is -0.832. The summed E-state index contributed by atoms with van der Waals surface area (Å²) in [5, 5.41) is 0. The van der Waals surface area contributed by atoms with Crippen LogP contribution < -0.4 is 0 Å². The number of fused-ring (bicyclic) bond motifs is 2. The fourth-order valence-electron chi connectivity index (χ4n) is 5.94. The lowest BCUT2D eigenvalue weighted by Crippen LogP contribution is -2.68. The number of imide groups is 1. The normalized spacial score (nSPS) is 26.7. The molecule has 3 aliphatic heterocycles. The molecule has 4 aromatic carbocycles. The summed E-state index contributed by atoms with van der Waals surface area (Å²) in [6.45, 7) is 0.664. The molecule has 0 unspecified atom stereocenters. The smallest absolute Gasteiger partial charge is 0.262 e. The Morgan fingerprint density at radius 3 is 1.79 bits per heavy atom. The predicted octanol–water partition coefficient (Wildman–Crippen LogP) is 5.29. The van der Waals surface area contributed by atoms with E-state index in [-0.39, 0.29) is 19.8 Å². The molecule has 4 aromatic rings. The van der Waals surface area contributed by atoms with Crippen molar-refractivity contribution in [2.45, 2.75) is 50.1 Å². The molecule has 2 saturated heterocycles. The van der Waals surface area contributed by atoms with E-state index in [0.29, 0.717) is 11.1 Å². The van der Waals surface area contributed by atoms with Gasteiger partial charge in [-0.2, -0.15) is 0 Å². The molecule has 0 radical (unpaired) electrons. The molecular weight excluding hydrogens is 546 g/mol. The lowest BCUT2D eigenvalue weighted by Gasteiger charge is -2.50. The number of ether oxygens (including phenoxy) is 5. The Kier molecular flexibility index (Phi) is 7.84. The number of benzene rings is 4. The fraction of sp³-hybridized carbons (Fsp3) is 0.257. The largest absolute Gasteiger partial charge is 0.368 e. The van der Waals surface area contributed by atoms with Gasteiger partial charge in [-0.1, -0.05) is 103 Å². The van der Waals surface area contributed by atoms with Crippen molar-refractivity contribution in [2.24, 2.45) is 0 Å². The summed E-state index contributed by atoms with van der Waals surface area (Å²) in [6, 6.07) is 35.0. The van der Waals surface area contributed by atoms with Gasteiger partial charge in [0.2, 0.25) is 0 Å². The van der Waals surface area contributed by atoms with Gasteiger partial charge in [-0.3, -0.25) is 14.5 Å². The molecule has 7 rings (SSSR count). The Bertz CT molecular complexity index is 1530. The van der Waals surface area contributed by atoms with Crippen molar-refractivity contribution >= 4 is 11.8 Å². The maximum absolute atomic E-state index is 13.9. The van der Waals surface area contributed by atoms with Crippen molar-refractivity contribution in [1.82, 2.24) is 4.90 Å². The van der Waals surface area contributed by atoms with E-state index < -0.39 is 48.7 Å². The van der Waals surface area contributed by atoms with E-state index in [4.69, 9.17) is 23.7 Å². The van der Waals surface area contributed by atoms with Crippen LogP contribution in [0.4, 0.5) is 0 Å². The number of amides is 2. The summed E-state index contributed by atoms with van der Waals surface area (Å²) in [5.41, 5.74) is 3.40. The second kappa shape index (κ2) is 12.2. The minimum absolute atomic E-state index is 0.211. The van der Waals surface area contributed by atoms with Crippen LogP contribution in [0.5, 0.6) is 0 Å². The maximum Gasteiger partial charge on any atom is 0.262 e. The molecule has 8 heteroatoms. The van der Waals surface area contributed by atoms with E-state index in [9.17, 15) is 9.59 Å². The first-order valence-corrected chi connectivity index (χ1v) is 14.4. The summed E-state index contributed by atoms with van der Waals surface area (Å²) in [7, 11) is 0. The zero-order valence-corrected chi connectivity index (χ0v) is 23.4. The van der Waals surface area contributed by atoms with E-state index in [0.717, 1.165) is 16.7 Å². The van der Waals surface area contributed by atoms with Gasteiger partial charge in [0, 0.05) is 5.56 Å². The van der Waals surface area contributed by atoms with Gasteiger partial charge in [0.05, 0.1) is 30.9 Å². The molecule has 2 amide bonds. The van der Waals surface area contributed by atoms with Crippen LogP contribution >= 0.6 is 0 Å². The van der Waals surface area contributed by atoms with Gasteiger partial charge in [0.15, 0.2) is 12.6 Å². The number of rotatable bonds is 8. The average molecular weight is 578 g/mol. The van der Waals surface area contributed by atoms with Crippen LogP contribution in [0.3, 0.4) is 0 Å². The zero-order valence-electron chi connectivity index (χ0n) is 23.4. The third kappa shape index (κ3) is 5.51. The predicted molar refractivity (Wildman–Crippen MR) is 156 cm³/mol. The molecule has 3 heterocycles. The van der Waals surface area contributed by atoms with E-state index in [1.165, 1.54) is 4.90 Å². The number of carbonyl (C=O) groups excluding carboxylic acids is 2. The standard InChI is InChI=1S/C35H31NO7/c37-32-26-18-10-11-19-27(26)33(38)36(32)29-31(39-20-23-12-4-1-5-13-23)30-28(22-41-34(43-30)25-16-8-3-9-17-25)42-35(29)40-21-24-14-6-2-7-15-24/h1-19,28-31,34-35H,20-22H2/t28-,29-,30-,31-,34+,35-/m1/s1. The van der Waals surface area contributed by atoms with Gasteiger partial charge in [-0.25, -0.2) is 0 Å². The van der Waals surface area contributed by atoms with Gasteiger partial charge >= 0.3 is 0 Å². The number of hydrogen-bond acceptors (Lipinski definition) is 7. The van der Waals surface area contributed by atoms with E-state index >= 15 is 0 Å². The number of nitrogens with zero attached hydrogens (tertiary/aromatic N) is 1. The van der Waals surface area contributed by atoms with Gasteiger partial charge in [-0.15, -0.1) is 0 Å². The number of hydrogen-bond donors (Lipinski definition) is 0. The second-order valence-corrected chi connectivity index (χ2v) is 10.8. The first-order chi connectivity index (χ1) is 21.2. The van der Waals surface area contributed by atoms with Crippen LogP contribution in [-0.4, -0.2) is 54.0 Å². The van der Waals surface area contributed by atoms with Gasteiger partial charge < -0.3 is 23.7 Å². The molecule has 8 nitrogen and oxygen atoms in total. The molecule has 3 aliphatic rings. The Hall–Kier alpha value is -4.18. The Morgan fingerprint density at radius 1 is 0.651 bits per heavy atom. The Balaban J connectivity index is 1.26. The van der Waals surface area contributed by atoms with Crippen LogP contribution in [-0.2, 0) is 36.9 Å². The molecule has 0 aromatic heterocycles. The zero-order chi connectivity index (χ0) is 29.2. The topological polar surface area (TPSA) is 83.5 Å². The van der Waals surface area contributed by atoms with Crippen molar-refractivity contribution in [2.75, 3.05) is 6.61 Å². The lowest BCUT2D eigenvalue weighted by molar-refractivity contribution is -0.355. The van der Waals surface area contributed by atoms with Gasteiger partial charge in [0.25, 0.3) is 11.8 Å². The Morgan fingerprint density at radius 2 is 1.19 bits per heavy atom. The minimum Gasteiger partial charge on any atom is -0.368 e. The minimum atomic E-state index is -0.995. The first-order valence-electron chi connectivity index (χ1n) is 14.4. The van der Waals surface area contributed by atoms with Crippen molar-refractivity contribution in [3.8, 4) is 0 Å². The summed E-state index contributed by atoms with van der Waals surface area (Å²) < 4.78 is 32.2. The quantitative estimate of drug-likeness (QED) is 0.263. The van der Waals surface area contributed by atoms with Gasteiger partial charge in [-0.05, 0) is 23.3 Å². The highest BCUT2D eigenvalue weighted by atomic mass is 16.7. The molecule has 0 N–H and O–H groups in total. The highest BCUT2D eigenvalue weighted by Crippen LogP contribution is 2.40. The van der Waals surface area contributed by atoms with Crippen LogP contribution in [0.1, 0.15) is 43.7 Å². The average Bonchev–Trinajstić information content (AvgIpc) is 3.32. The molecule has 218 valence electrons. The summed E-state index contributed by atoms with van der Waals surface area (Å²) in [4.78, 5) is 29.0. The highest BCUT2D eigenvalue weighted by Gasteiger charge is 2.57. The fourth-order valence-corrected chi connectivity index (χ4v) is 5.94. The first kappa shape index (κ1) is 27.6. The second-order valence-electron chi connectivity index (χ2n) is 10.8. The van der Waals surface area contributed by atoms with Crippen LogP contribution in [0.25, 0.3) is 0 Å². The molecule has 6 atom stereocenters. The maximum atomic E-state index is 13.9. The van der Waals surface area contributed by atoms with E-state index in [1.54, 1.807) is 24.3 Å². The molecule has 0 spiro atoms. The van der Waals surface area contributed by atoms with Crippen molar-refractivity contribution in [1.29, 1.82) is 0 Å². The third-order valence-corrected chi connectivity index (χ3v) is 8.04. The van der Waals surface area contributed by atoms with Crippen molar-refractivity contribution in [3.05, 3.63) is 143 Å².